The Morgan fingerprint density at radius 1 is 1.37 bits per heavy atom. The van der Waals surface area contributed by atoms with E-state index in [-0.39, 0.29) is 6.04 Å². The number of pyridine rings is 1. The fourth-order valence-corrected chi connectivity index (χ4v) is 2.53. The van der Waals surface area contributed by atoms with E-state index < -0.39 is 0 Å². The lowest BCUT2D eigenvalue weighted by Crippen LogP contribution is -2.33. The first-order valence-electron chi connectivity index (χ1n) is 6.33. The maximum atomic E-state index is 5.23. The third-order valence-electron chi connectivity index (χ3n) is 3.33. The summed E-state index contributed by atoms with van der Waals surface area (Å²) in [7, 11) is 3.79. The van der Waals surface area contributed by atoms with Gasteiger partial charge in [0.25, 0.3) is 0 Å². The van der Waals surface area contributed by atoms with Crippen molar-refractivity contribution in [1.29, 1.82) is 0 Å². The summed E-state index contributed by atoms with van der Waals surface area (Å²) in [6, 6.07) is 10.7. The summed E-state index contributed by atoms with van der Waals surface area (Å²) in [6.45, 7) is 2.82. The highest BCUT2D eigenvalue weighted by atomic mass is 79.9. The van der Waals surface area contributed by atoms with Crippen molar-refractivity contribution in [2.45, 2.75) is 18.3 Å². The van der Waals surface area contributed by atoms with Gasteiger partial charge in [-0.3, -0.25) is 0 Å². The Bertz CT molecular complexity index is 559. The van der Waals surface area contributed by atoms with Gasteiger partial charge in [0.15, 0.2) is 0 Å². The Kier molecular flexibility index (Phi) is 4.77. The van der Waals surface area contributed by atoms with E-state index in [9.17, 15) is 0 Å². The number of para-hydroxylation sites is 1. The van der Waals surface area contributed by atoms with E-state index in [0.717, 1.165) is 16.7 Å². The van der Waals surface area contributed by atoms with Crippen LogP contribution in [0.5, 0.6) is 0 Å². The van der Waals surface area contributed by atoms with E-state index in [1.165, 1.54) is 10.9 Å². The zero-order valence-corrected chi connectivity index (χ0v) is 13.1. The molecular formula is C15H19BrN2O. The van der Waals surface area contributed by atoms with Crippen molar-refractivity contribution < 1.29 is 4.74 Å². The number of ether oxygens (including phenoxy) is 1. The Morgan fingerprint density at radius 3 is 2.79 bits per heavy atom. The minimum atomic E-state index is 0.288. The molecule has 2 aromatic rings. The van der Waals surface area contributed by atoms with Crippen LogP contribution in [0.2, 0.25) is 0 Å². The van der Waals surface area contributed by atoms with Crippen molar-refractivity contribution in [3.63, 3.8) is 0 Å². The number of rotatable bonds is 5. The molecule has 0 saturated heterocycles. The van der Waals surface area contributed by atoms with Crippen molar-refractivity contribution in [2.75, 3.05) is 25.7 Å². The highest BCUT2D eigenvalue weighted by Gasteiger charge is 2.15. The van der Waals surface area contributed by atoms with E-state index in [0.29, 0.717) is 6.61 Å². The van der Waals surface area contributed by atoms with Gasteiger partial charge >= 0.3 is 0 Å². The Balaban J connectivity index is 2.45. The van der Waals surface area contributed by atoms with Crippen LogP contribution in [-0.2, 0) is 10.1 Å². The number of halogens is 1. The van der Waals surface area contributed by atoms with Crippen LogP contribution in [0, 0.1) is 0 Å². The van der Waals surface area contributed by atoms with Crippen LogP contribution in [0.4, 0.5) is 5.82 Å². The van der Waals surface area contributed by atoms with E-state index >= 15 is 0 Å². The number of hydrogen-bond donors (Lipinski definition) is 0. The predicted octanol–water partition coefficient (Wildman–Crippen LogP) is 3.60. The standard InChI is InChI=1S/C15H19BrN2O/c1-11(10-19-3)18(2)15-13(9-16)8-12-6-4-5-7-14(12)17-15/h4-8,11H,9-10H2,1-3H3. The molecule has 0 aliphatic rings. The third-order valence-corrected chi connectivity index (χ3v) is 3.93. The van der Waals surface area contributed by atoms with Gasteiger partial charge in [-0.25, -0.2) is 4.98 Å². The molecule has 0 aliphatic heterocycles. The number of benzene rings is 1. The van der Waals surface area contributed by atoms with Crippen LogP contribution in [0.15, 0.2) is 30.3 Å². The van der Waals surface area contributed by atoms with Crippen LogP contribution in [0.25, 0.3) is 10.9 Å². The second-order valence-electron chi connectivity index (χ2n) is 4.71. The molecule has 0 saturated carbocycles. The summed E-state index contributed by atoms with van der Waals surface area (Å²) in [5.41, 5.74) is 2.22. The number of methoxy groups -OCH3 is 1. The van der Waals surface area contributed by atoms with Gasteiger partial charge in [-0.2, -0.15) is 0 Å². The summed E-state index contributed by atoms with van der Waals surface area (Å²) >= 11 is 3.55. The normalized spacial score (nSPS) is 12.6. The van der Waals surface area contributed by atoms with Gasteiger partial charge < -0.3 is 9.64 Å². The smallest absolute Gasteiger partial charge is 0.133 e. The van der Waals surface area contributed by atoms with Crippen LogP contribution in [0.3, 0.4) is 0 Å². The third kappa shape index (κ3) is 3.07. The molecule has 1 heterocycles. The molecule has 0 N–H and O–H groups in total. The highest BCUT2D eigenvalue weighted by molar-refractivity contribution is 9.08. The topological polar surface area (TPSA) is 25.4 Å². The largest absolute Gasteiger partial charge is 0.383 e. The number of hydrogen-bond acceptors (Lipinski definition) is 3. The molecule has 19 heavy (non-hydrogen) atoms. The molecular weight excluding hydrogens is 304 g/mol. The van der Waals surface area contributed by atoms with Crippen molar-refractivity contribution in [2.24, 2.45) is 0 Å². The summed E-state index contributed by atoms with van der Waals surface area (Å²) in [4.78, 5) is 6.96. The lowest BCUT2D eigenvalue weighted by molar-refractivity contribution is 0.183. The molecule has 102 valence electrons. The molecule has 1 unspecified atom stereocenters. The Labute approximate surface area is 122 Å². The molecule has 0 radical (unpaired) electrons. The van der Waals surface area contributed by atoms with Crippen LogP contribution >= 0.6 is 15.9 Å². The molecule has 1 atom stereocenters. The number of anilines is 1. The number of likely N-dealkylation sites (N-methyl/N-ethyl adjacent to an activating group) is 1. The fraction of sp³-hybridized carbons (Fsp3) is 0.400. The van der Waals surface area contributed by atoms with E-state index in [2.05, 4.69) is 46.9 Å². The molecule has 0 amide bonds. The molecule has 1 aromatic carbocycles. The second kappa shape index (κ2) is 6.35. The molecule has 0 spiro atoms. The lowest BCUT2D eigenvalue weighted by Gasteiger charge is -2.27. The summed E-state index contributed by atoms with van der Waals surface area (Å²) in [5, 5.41) is 1.97. The van der Waals surface area contributed by atoms with Gasteiger partial charge in [0.05, 0.1) is 18.2 Å². The molecule has 2 rings (SSSR count). The zero-order chi connectivity index (χ0) is 13.8. The molecule has 0 aliphatic carbocycles. The summed E-state index contributed by atoms with van der Waals surface area (Å²) in [6.07, 6.45) is 0. The molecule has 0 fully saturated rings. The van der Waals surface area contributed by atoms with E-state index in [1.807, 2.05) is 18.2 Å². The molecule has 0 bridgehead atoms. The maximum absolute atomic E-state index is 5.23. The fourth-order valence-electron chi connectivity index (χ4n) is 2.12. The SMILES string of the molecule is COCC(C)N(C)c1nc2ccccc2cc1CBr. The zero-order valence-electron chi connectivity index (χ0n) is 11.6. The predicted molar refractivity (Wildman–Crippen MR) is 84.1 cm³/mol. The van der Waals surface area contributed by atoms with Gasteiger partial charge in [-0.1, -0.05) is 34.1 Å². The first-order valence-corrected chi connectivity index (χ1v) is 7.46. The van der Waals surface area contributed by atoms with Gasteiger partial charge in [-0.05, 0) is 19.1 Å². The number of fused-ring (bicyclic) bond motifs is 1. The van der Waals surface area contributed by atoms with Crippen molar-refractivity contribution in [3.8, 4) is 0 Å². The molecule has 4 heteroatoms. The quantitative estimate of drug-likeness (QED) is 0.786. The van der Waals surface area contributed by atoms with Crippen molar-refractivity contribution in [3.05, 3.63) is 35.9 Å². The Hall–Kier alpha value is -1.13. The maximum Gasteiger partial charge on any atom is 0.133 e. The van der Waals surface area contributed by atoms with Gasteiger partial charge in [0.2, 0.25) is 0 Å². The number of nitrogens with zero attached hydrogens (tertiary/aromatic N) is 2. The van der Waals surface area contributed by atoms with Crippen molar-refractivity contribution in [1.82, 2.24) is 4.98 Å². The number of alkyl halides is 1. The minimum Gasteiger partial charge on any atom is -0.383 e. The van der Waals surface area contributed by atoms with Crippen molar-refractivity contribution >= 4 is 32.7 Å². The van der Waals surface area contributed by atoms with E-state index in [4.69, 9.17) is 9.72 Å². The van der Waals surface area contributed by atoms with Gasteiger partial charge in [-0.15, -0.1) is 0 Å². The lowest BCUT2D eigenvalue weighted by atomic mass is 10.1. The first kappa shape index (κ1) is 14.3. The van der Waals surface area contributed by atoms with E-state index in [1.54, 1.807) is 7.11 Å². The Morgan fingerprint density at radius 2 is 2.11 bits per heavy atom. The molecule has 1 aromatic heterocycles. The van der Waals surface area contributed by atoms with Crippen LogP contribution in [-0.4, -0.2) is 31.8 Å². The average Bonchev–Trinajstić information content (AvgIpc) is 2.45. The van der Waals surface area contributed by atoms with Gasteiger partial charge in [0.1, 0.15) is 5.82 Å². The summed E-state index contributed by atoms with van der Waals surface area (Å²) in [5.74, 6) is 1.01. The van der Waals surface area contributed by atoms with Crippen LogP contribution < -0.4 is 4.90 Å². The minimum absolute atomic E-state index is 0.288. The average molecular weight is 323 g/mol. The summed E-state index contributed by atoms with van der Waals surface area (Å²) < 4.78 is 5.23. The highest BCUT2D eigenvalue weighted by Crippen LogP contribution is 2.26. The first-order chi connectivity index (χ1) is 9.17. The van der Waals surface area contributed by atoms with Crippen LogP contribution in [0.1, 0.15) is 12.5 Å². The number of aromatic nitrogens is 1. The second-order valence-corrected chi connectivity index (χ2v) is 5.27. The monoisotopic (exact) mass is 322 g/mol. The molecule has 3 nitrogen and oxygen atoms in total. The van der Waals surface area contributed by atoms with Gasteiger partial charge in [0, 0.05) is 30.4 Å².